The van der Waals surface area contributed by atoms with Gasteiger partial charge in [0, 0.05) is 31.1 Å². The average Bonchev–Trinajstić information content (AvgIpc) is 3.13. The molecule has 0 saturated carbocycles. The lowest BCUT2D eigenvalue weighted by molar-refractivity contribution is -0.131. The van der Waals surface area contributed by atoms with Crippen molar-refractivity contribution < 1.29 is 9.32 Å². The zero-order valence-corrected chi connectivity index (χ0v) is 12.2. The number of hydrogen-bond donors (Lipinski definition) is 0. The number of aromatic nitrogens is 1. The quantitative estimate of drug-likeness (QED) is 0.839. The van der Waals surface area contributed by atoms with Crippen LogP contribution in [-0.4, -0.2) is 53.6 Å². The van der Waals surface area contributed by atoms with E-state index in [9.17, 15) is 4.79 Å². The van der Waals surface area contributed by atoms with Crippen LogP contribution in [0, 0.1) is 5.92 Å². The molecular weight excluding hydrogens is 266 g/mol. The van der Waals surface area contributed by atoms with Gasteiger partial charge < -0.3 is 14.3 Å². The van der Waals surface area contributed by atoms with E-state index >= 15 is 0 Å². The van der Waals surface area contributed by atoms with Gasteiger partial charge in [-0.3, -0.25) is 4.79 Å². The minimum atomic E-state index is 0.178. The summed E-state index contributed by atoms with van der Waals surface area (Å²) in [4.78, 5) is 17.0. The standard InChI is InChI=1S/C16H19N3O2/c1-18-9-11-6-7-19(14(11)10-18)16(20)8-13-12-4-2-3-5-15(12)21-17-13/h2-5,11,14H,6-10H2,1H3/t11-,14+/m0/s1. The van der Waals surface area contributed by atoms with Crippen molar-refractivity contribution in [3.63, 3.8) is 0 Å². The molecule has 0 bridgehead atoms. The highest BCUT2D eigenvalue weighted by molar-refractivity contribution is 5.86. The van der Waals surface area contributed by atoms with E-state index in [2.05, 4.69) is 22.0 Å². The van der Waals surface area contributed by atoms with Crippen molar-refractivity contribution in [1.29, 1.82) is 0 Å². The zero-order valence-electron chi connectivity index (χ0n) is 12.2. The summed E-state index contributed by atoms with van der Waals surface area (Å²) in [5.41, 5.74) is 1.51. The number of para-hydroxylation sites is 1. The first-order chi connectivity index (χ1) is 10.2. The maximum atomic E-state index is 12.6. The Morgan fingerprint density at radius 1 is 1.38 bits per heavy atom. The molecule has 1 aromatic carbocycles. The van der Waals surface area contributed by atoms with Crippen LogP contribution in [0.1, 0.15) is 12.1 Å². The molecule has 1 aromatic heterocycles. The molecule has 0 unspecified atom stereocenters. The molecule has 0 aliphatic carbocycles. The van der Waals surface area contributed by atoms with Crippen molar-refractivity contribution in [3.8, 4) is 0 Å². The number of likely N-dealkylation sites (tertiary alicyclic amines) is 2. The van der Waals surface area contributed by atoms with Gasteiger partial charge in [-0.25, -0.2) is 0 Å². The third-order valence-electron chi connectivity index (χ3n) is 4.82. The van der Waals surface area contributed by atoms with Crippen molar-refractivity contribution >= 4 is 16.9 Å². The monoisotopic (exact) mass is 285 g/mol. The first-order valence-electron chi connectivity index (χ1n) is 7.53. The first-order valence-corrected chi connectivity index (χ1v) is 7.53. The molecule has 0 radical (unpaired) electrons. The summed E-state index contributed by atoms with van der Waals surface area (Å²) in [6.07, 6.45) is 1.46. The van der Waals surface area contributed by atoms with Gasteiger partial charge in [0.1, 0.15) is 5.69 Å². The number of nitrogens with zero attached hydrogens (tertiary/aromatic N) is 3. The molecule has 0 N–H and O–H groups in total. The number of hydrogen-bond acceptors (Lipinski definition) is 4. The van der Waals surface area contributed by atoms with E-state index in [1.807, 2.05) is 24.3 Å². The van der Waals surface area contributed by atoms with Gasteiger partial charge in [-0.05, 0) is 31.5 Å². The molecule has 2 fully saturated rings. The Kier molecular flexibility index (Phi) is 2.96. The molecule has 5 nitrogen and oxygen atoms in total. The SMILES string of the molecule is CN1C[C@@H]2CCN(C(=O)Cc3noc4ccccc34)[C@@H]2C1. The van der Waals surface area contributed by atoms with E-state index < -0.39 is 0 Å². The van der Waals surface area contributed by atoms with Gasteiger partial charge in [0.25, 0.3) is 0 Å². The van der Waals surface area contributed by atoms with Crippen LogP contribution in [0.5, 0.6) is 0 Å². The summed E-state index contributed by atoms with van der Waals surface area (Å²) in [6, 6.07) is 8.10. The minimum Gasteiger partial charge on any atom is -0.356 e. The van der Waals surface area contributed by atoms with Crippen molar-refractivity contribution in [3.05, 3.63) is 30.0 Å². The molecule has 2 aromatic rings. The maximum Gasteiger partial charge on any atom is 0.229 e. The van der Waals surface area contributed by atoms with Crippen LogP contribution in [0.3, 0.4) is 0 Å². The molecule has 2 aliphatic heterocycles. The second kappa shape index (κ2) is 4.84. The van der Waals surface area contributed by atoms with Gasteiger partial charge in [0.05, 0.1) is 6.42 Å². The number of rotatable bonds is 2. The van der Waals surface area contributed by atoms with E-state index in [1.165, 1.54) is 0 Å². The second-order valence-corrected chi connectivity index (χ2v) is 6.23. The van der Waals surface area contributed by atoms with Crippen molar-refractivity contribution in [2.45, 2.75) is 18.9 Å². The van der Waals surface area contributed by atoms with Crippen molar-refractivity contribution in [2.75, 3.05) is 26.7 Å². The van der Waals surface area contributed by atoms with Crippen LogP contribution in [-0.2, 0) is 11.2 Å². The Labute approximate surface area is 123 Å². The molecule has 2 atom stereocenters. The molecule has 21 heavy (non-hydrogen) atoms. The first kappa shape index (κ1) is 12.8. The maximum absolute atomic E-state index is 12.6. The number of carbonyl (C=O) groups excluding carboxylic acids is 1. The minimum absolute atomic E-state index is 0.178. The van der Waals surface area contributed by atoms with Crippen LogP contribution < -0.4 is 0 Å². The van der Waals surface area contributed by atoms with Crippen molar-refractivity contribution in [1.82, 2.24) is 15.0 Å². The predicted octanol–water partition coefficient (Wildman–Crippen LogP) is 1.53. The molecule has 0 spiro atoms. The Hall–Kier alpha value is -1.88. The summed E-state index contributed by atoms with van der Waals surface area (Å²) < 4.78 is 5.29. The van der Waals surface area contributed by atoms with Crippen LogP contribution in [0.15, 0.2) is 28.8 Å². The molecule has 4 rings (SSSR count). The fourth-order valence-electron chi connectivity index (χ4n) is 3.79. The largest absolute Gasteiger partial charge is 0.356 e. The van der Waals surface area contributed by atoms with E-state index in [-0.39, 0.29) is 5.91 Å². The lowest BCUT2D eigenvalue weighted by Gasteiger charge is -2.23. The second-order valence-electron chi connectivity index (χ2n) is 6.23. The average molecular weight is 285 g/mol. The molecular formula is C16H19N3O2. The summed E-state index contributed by atoms with van der Waals surface area (Å²) in [7, 11) is 2.13. The topological polar surface area (TPSA) is 49.6 Å². The van der Waals surface area contributed by atoms with Gasteiger partial charge in [0.15, 0.2) is 5.58 Å². The normalized spacial score (nSPS) is 25.7. The van der Waals surface area contributed by atoms with Crippen LogP contribution in [0.2, 0.25) is 0 Å². The van der Waals surface area contributed by atoms with Crippen molar-refractivity contribution in [2.24, 2.45) is 5.92 Å². The lowest BCUT2D eigenvalue weighted by atomic mass is 10.0. The van der Waals surface area contributed by atoms with E-state index in [1.54, 1.807) is 0 Å². The Bertz CT molecular complexity index is 681. The Morgan fingerprint density at radius 2 is 2.24 bits per heavy atom. The fraction of sp³-hybridized carbons (Fsp3) is 0.500. The number of fused-ring (bicyclic) bond motifs is 2. The number of carbonyl (C=O) groups is 1. The summed E-state index contributed by atoms with van der Waals surface area (Å²) in [5, 5.41) is 5.02. The number of amides is 1. The number of likely N-dealkylation sites (N-methyl/N-ethyl adjacent to an activating group) is 1. The molecule has 3 heterocycles. The molecule has 2 aliphatic rings. The van der Waals surface area contributed by atoms with E-state index in [0.717, 1.165) is 42.7 Å². The van der Waals surface area contributed by atoms with E-state index in [4.69, 9.17) is 4.52 Å². The molecule has 110 valence electrons. The fourth-order valence-corrected chi connectivity index (χ4v) is 3.79. The smallest absolute Gasteiger partial charge is 0.229 e. The van der Waals surface area contributed by atoms with E-state index in [0.29, 0.717) is 18.4 Å². The van der Waals surface area contributed by atoms with Crippen LogP contribution >= 0.6 is 0 Å². The van der Waals surface area contributed by atoms with Gasteiger partial charge in [0.2, 0.25) is 5.91 Å². The zero-order chi connectivity index (χ0) is 14.4. The highest BCUT2D eigenvalue weighted by Gasteiger charge is 2.42. The van der Waals surface area contributed by atoms with Gasteiger partial charge in [-0.2, -0.15) is 0 Å². The summed E-state index contributed by atoms with van der Waals surface area (Å²) in [6.45, 7) is 3.00. The Balaban J connectivity index is 1.53. The predicted molar refractivity (Wildman–Crippen MR) is 78.8 cm³/mol. The Morgan fingerprint density at radius 3 is 3.14 bits per heavy atom. The van der Waals surface area contributed by atoms with Gasteiger partial charge in [-0.1, -0.05) is 17.3 Å². The van der Waals surface area contributed by atoms with Crippen LogP contribution in [0.25, 0.3) is 11.0 Å². The third-order valence-corrected chi connectivity index (χ3v) is 4.82. The summed E-state index contributed by atoms with van der Waals surface area (Å²) in [5.74, 6) is 0.824. The number of benzene rings is 1. The van der Waals surface area contributed by atoms with Gasteiger partial charge >= 0.3 is 0 Å². The summed E-state index contributed by atoms with van der Waals surface area (Å²) >= 11 is 0. The molecule has 5 heteroatoms. The highest BCUT2D eigenvalue weighted by Crippen LogP contribution is 2.31. The van der Waals surface area contributed by atoms with Gasteiger partial charge in [-0.15, -0.1) is 0 Å². The third kappa shape index (κ3) is 2.12. The molecule has 2 saturated heterocycles. The highest BCUT2D eigenvalue weighted by atomic mass is 16.5. The lowest BCUT2D eigenvalue weighted by Crippen LogP contribution is -2.40. The van der Waals surface area contributed by atoms with Crippen LogP contribution in [0.4, 0.5) is 0 Å². The molecule has 1 amide bonds.